The molecule has 0 unspecified atom stereocenters. The molecule has 2 N–H and O–H groups in total. The van der Waals surface area contributed by atoms with Gasteiger partial charge >= 0.3 is 0 Å². The molecule has 0 saturated heterocycles. The van der Waals surface area contributed by atoms with Crippen LogP contribution in [-0.4, -0.2) is 22.1 Å². The summed E-state index contributed by atoms with van der Waals surface area (Å²) >= 11 is 0. The summed E-state index contributed by atoms with van der Waals surface area (Å²) in [6.07, 6.45) is 4.50. The quantitative estimate of drug-likeness (QED) is 0.872. The number of nitrogens with zero attached hydrogens (tertiary/aromatic N) is 2. The predicted octanol–water partition coefficient (Wildman–Crippen LogP) is 4.02. The third-order valence-electron chi connectivity index (χ3n) is 4.44. The number of nitrogens with one attached hydrogen (secondary N) is 2. The van der Waals surface area contributed by atoms with Crippen LogP contribution in [0.3, 0.4) is 0 Å². The Morgan fingerprint density at radius 2 is 1.75 bits per heavy atom. The summed E-state index contributed by atoms with van der Waals surface area (Å²) in [5, 5.41) is 14.4. The molecule has 2 aromatic rings. The lowest BCUT2D eigenvalue weighted by Crippen LogP contribution is -2.33. The number of hydrogen-bond acceptors (Lipinski definition) is 4. The molecule has 0 radical (unpaired) electrons. The van der Waals surface area contributed by atoms with E-state index in [1.165, 1.54) is 18.4 Å². The standard InChI is InChI=1S/C19H24N4O/c1-13(2)14-7-9-16(10-8-14)20-18-12-11-17(22-23-18)19(24)21-15-5-3-4-6-15/h7-13,15H,3-6H2,1-2H3,(H,20,23)(H,21,24). The van der Waals surface area contributed by atoms with Gasteiger partial charge in [-0.25, -0.2) is 0 Å². The molecule has 1 saturated carbocycles. The Morgan fingerprint density at radius 3 is 2.33 bits per heavy atom. The summed E-state index contributed by atoms with van der Waals surface area (Å²) in [6.45, 7) is 4.34. The minimum absolute atomic E-state index is 0.137. The zero-order valence-corrected chi connectivity index (χ0v) is 14.2. The van der Waals surface area contributed by atoms with E-state index in [1.807, 2.05) is 12.1 Å². The maximum absolute atomic E-state index is 12.1. The summed E-state index contributed by atoms with van der Waals surface area (Å²) in [5.74, 6) is 1.00. The van der Waals surface area contributed by atoms with Crippen LogP contribution in [0, 0.1) is 0 Å². The van der Waals surface area contributed by atoms with Crippen molar-refractivity contribution in [3.05, 3.63) is 47.7 Å². The molecule has 5 heteroatoms. The Kier molecular flexibility index (Phi) is 5.08. The van der Waals surface area contributed by atoms with Crippen molar-refractivity contribution in [3.63, 3.8) is 0 Å². The first-order valence-electron chi connectivity index (χ1n) is 8.63. The summed E-state index contributed by atoms with van der Waals surface area (Å²) in [4.78, 5) is 12.1. The fourth-order valence-corrected chi connectivity index (χ4v) is 2.95. The van der Waals surface area contributed by atoms with Crippen molar-refractivity contribution in [2.24, 2.45) is 0 Å². The lowest BCUT2D eigenvalue weighted by Gasteiger charge is -2.11. The van der Waals surface area contributed by atoms with E-state index >= 15 is 0 Å². The predicted molar refractivity (Wildman–Crippen MR) is 95.6 cm³/mol. The molecule has 1 aliphatic rings. The number of carbonyl (C=O) groups excluding carboxylic acids is 1. The van der Waals surface area contributed by atoms with E-state index in [1.54, 1.807) is 12.1 Å². The van der Waals surface area contributed by atoms with E-state index < -0.39 is 0 Å². The van der Waals surface area contributed by atoms with Crippen molar-refractivity contribution >= 4 is 17.4 Å². The minimum Gasteiger partial charge on any atom is -0.348 e. The maximum Gasteiger partial charge on any atom is 0.272 e. The highest BCUT2D eigenvalue weighted by atomic mass is 16.2. The van der Waals surface area contributed by atoms with Gasteiger partial charge in [0, 0.05) is 11.7 Å². The van der Waals surface area contributed by atoms with Crippen molar-refractivity contribution in [2.75, 3.05) is 5.32 Å². The first kappa shape index (κ1) is 16.4. The van der Waals surface area contributed by atoms with Crippen LogP contribution >= 0.6 is 0 Å². The van der Waals surface area contributed by atoms with Gasteiger partial charge in [0.05, 0.1) is 0 Å². The third kappa shape index (κ3) is 4.10. The molecule has 126 valence electrons. The van der Waals surface area contributed by atoms with Crippen LogP contribution < -0.4 is 10.6 Å². The second-order valence-corrected chi connectivity index (χ2v) is 6.66. The highest BCUT2D eigenvalue weighted by molar-refractivity contribution is 5.92. The molecule has 3 rings (SSSR count). The van der Waals surface area contributed by atoms with Gasteiger partial charge in [-0.2, -0.15) is 0 Å². The third-order valence-corrected chi connectivity index (χ3v) is 4.44. The smallest absolute Gasteiger partial charge is 0.272 e. The number of benzene rings is 1. The molecule has 1 amide bonds. The van der Waals surface area contributed by atoms with Gasteiger partial charge < -0.3 is 10.6 Å². The van der Waals surface area contributed by atoms with E-state index in [2.05, 4.69) is 46.8 Å². The van der Waals surface area contributed by atoms with Crippen LogP contribution in [-0.2, 0) is 0 Å². The Labute approximate surface area is 142 Å². The van der Waals surface area contributed by atoms with Gasteiger partial charge in [0.1, 0.15) is 0 Å². The fourth-order valence-electron chi connectivity index (χ4n) is 2.95. The van der Waals surface area contributed by atoms with Gasteiger partial charge in [0.25, 0.3) is 5.91 Å². The van der Waals surface area contributed by atoms with Crippen molar-refractivity contribution in [1.29, 1.82) is 0 Å². The molecule has 1 heterocycles. The second-order valence-electron chi connectivity index (χ2n) is 6.66. The van der Waals surface area contributed by atoms with E-state index in [0.29, 0.717) is 17.4 Å². The van der Waals surface area contributed by atoms with E-state index in [9.17, 15) is 4.79 Å². The Hall–Kier alpha value is -2.43. The Bertz CT molecular complexity index is 674. The SMILES string of the molecule is CC(C)c1ccc(Nc2ccc(C(=O)NC3CCCC3)nn2)cc1. The molecular formula is C19H24N4O. The highest BCUT2D eigenvalue weighted by Gasteiger charge is 2.18. The summed E-state index contributed by atoms with van der Waals surface area (Å²) < 4.78 is 0. The first-order valence-corrected chi connectivity index (χ1v) is 8.63. The summed E-state index contributed by atoms with van der Waals surface area (Å²) in [7, 11) is 0. The number of aromatic nitrogens is 2. The number of anilines is 2. The van der Waals surface area contributed by atoms with Crippen molar-refractivity contribution in [2.45, 2.75) is 51.5 Å². The fraction of sp³-hybridized carbons (Fsp3) is 0.421. The van der Waals surface area contributed by atoms with Gasteiger partial charge in [-0.1, -0.05) is 38.8 Å². The molecular weight excluding hydrogens is 300 g/mol. The Balaban J connectivity index is 1.60. The van der Waals surface area contributed by atoms with Crippen LogP contribution in [0.25, 0.3) is 0 Å². The molecule has 24 heavy (non-hydrogen) atoms. The number of hydrogen-bond donors (Lipinski definition) is 2. The van der Waals surface area contributed by atoms with Crippen LogP contribution in [0.15, 0.2) is 36.4 Å². The monoisotopic (exact) mass is 324 g/mol. The van der Waals surface area contributed by atoms with Gasteiger partial charge in [-0.05, 0) is 48.6 Å². The molecule has 0 spiro atoms. The van der Waals surface area contributed by atoms with Crippen LogP contribution in [0.5, 0.6) is 0 Å². The lowest BCUT2D eigenvalue weighted by atomic mass is 10.0. The summed E-state index contributed by atoms with van der Waals surface area (Å²) in [5.41, 5.74) is 2.62. The number of rotatable bonds is 5. The van der Waals surface area contributed by atoms with Crippen molar-refractivity contribution in [1.82, 2.24) is 15.5 Å². The molecule has 1 aromatic heterocycles. The zero-order chi connectivity index (χ0) is 16.9. The molecule has 1 aromatic carbocycles. The van der Waals surface area contributed by atoms with Gasteiger partial charge in [0.15, 0.2) is 11.5 Å². The van der Waals surface area contributed by atoms with Crippen molar-refractivity contribution in [3.8, 4) is 0 Å². The average molecular weight is 324 g/mol. The second kappa shape index (κ2) is 7.43. The average Bonchev–Trinajstić information content (AvgIpc) is 3.09. The molecule has 1 aliphatic carbocycles. The Morgan fingerprint density at radius 1 is 1.04 bits per heavy atom. The van der Waals surface area contributed by atoms with Gasteiger partial charge in [-0.15, -0.1) is 10.2 Å². The van der Waals surface area contributed by atoms with Gasteiger partial charge in [-0.3, -0.25) is 4.79 Å². The molecule has 1 fully saturated rings. The van der Waals surface area contributed by atoms with E-state index in [0.717, 1.165) is 18.5 Å². The first-order chi connectivity index (χ1) is 11.6. The molecule has 0 atom stereocenters. The van der Waals surface area contributed by atoms with Crippen molar-refractivity contribution < 1.29 is 4.79 Å². The number of carbonyl (C=O) groups is 1. The molecule has 0 bridgehead atoms. The summed E-state index contributed by atoms with van der Waals surface area (Å²) in [6, 6.07) is 12.0. The van der Waals surface area contributed by atoms with Crippen LogP contribution in [0.1, 0.15) is 61.5 Å². The largest absolute Gasteiger partial charge is 0.348 e. The topological polar surface area (TPSA) is 66.9 Å². The number of amides is 1. The normalized spacial score (nSPS) is 14.8. The highest BCUT2D eigenvalue weighted by Crippen LogP contribution is 2.20. The zero-order valence-electron chi connectivity index (χ0n) is 14.2. The van der Waals surface area contributed by atoms with Crippen LogP contribution in [0.4, 0.5) is 11.5 Å². The van der Waals surface area contributed by atoms with E-state index in [-0.39, 0.29) is 11.9 Å². The minimum atomic E-state index is -0.137. The van der Waals surface area contributed by atoms with Gasteiger partial charge in [0.2, 0.25) is 0 Å². The van der Waals surface area contributed by atoms with E-state index in [4.69, 9.17) is 0 Å². The lowest BCUT2D eigenvalue weighted by molar-refractivity contribution is 0.0932. The maximum atomic E-state index is 12.1. The molecule has 5 nitrogen and oxygen atoms in total. The molecule has 0 aliphatic heterocycles. The van der Waals surface area contributed by atoms with Crippen LogP contribution in [0.2, 0.25) is 0 Å².